The van der Waals surface area contributed by atoms with Gasteiger partial charge in [-0.1, -0.05) is 22.9 Å². The van der Waals surface area contributed by atoms with Crippen molar-refractivity contribution in [3.05, 3.63) is 46.3 Å². The number of benzene rings is 1. The number of nitrogens with one attached hydrogen (secondary N) is 2. The second-order valence-electron chi connectivity index (χ2n) is 4.69. The zero-order valence-electron chi connectivity index (χ0n) is 12.0. The lowest BCUT2D eigenvalue weighted by molar-refractivity contribution is 0.102. The van der Waals surface area contributed by atoms with Crippen molar-refractivity contribution in [2.24, 2.45) is 0 Å². The van der Waals surface area contributed by atoms with Gasteiger partial charge in [0.25, 0.3) is 5.91 Å². The zero-order chi connectivity index (χ0) is 15.2. The Labute approximate surface area is 132 Å². The van der Waals surface area contributed by atoms with Crippen molar-refractivity contribution < 1.29 is 4.79 Å². The molecule has 0 saturated carbocycles. The summed E-state index contributed by atoms with van der Waals surface area (Å²) in [5, 5.41) is 5.93. The van der Waals surface area contributed by atoms with Crippen LogP contribution in [0, 0.1) is 6.92 Å². The molecule has 1 aromatic carbocycles. The maximum atomic E-state index is 12.2. The van der Waals surface area contributed by atoms with Crippen LogP contribution in [0.25, 0.3) is 0 Å². The van der Waals surface area contributed by atoms with Crippen molar-refractivity contribution >= 4 is 33.3 Å². The molecule has 0 aliphatic rings. The molecule has 0 radical (unpaired) electrons. The molecular weight excluding hydrogens is 332 g/mol. The molecule has 2 N–H and O–H groups in total. The second kappa shape index (κ2) is 7.17. The van der Waals surface area contributed by atoms with E-state index in [-0.39, 0.29) is 11.6 Å². The first-order valence-corrected chi connectivity index (χ1v) is 7.52. The highest BCUT2D eigenvalue weighted by Crippen LogP contribution is 2.19. The smallest absolute Gasteiger partial charge is 0.275 e. The molecule has 0 aliphatic carbocycles. The monoisotopic (exact) mass is 348 g/mol. The van der Waals surface area contributed by atoms with Gasteiger partial charge in [-0.3, -0.25) is 9.78 Å². The Balaban J connectivity index is 2.12. The van der Waals surface area contributed by atoms with E-state index in [4.69, 9.17) is 0 Å². The minimum atomic E-state index is -0.278. The Bertz CT molecular complexity index is 625. The topological polar surface area (TPSA) is 66.9 Å². The average molecular weight is 349 g/mol. The Morgan fingerprint density at radius 2 is 2.10 bits per heavy atom. The molecule has 0 spiro atoms. The first kappa shape index (κ1) is 15.4. The van der Waals surface area contributed by atoms with Crippen LogP contribution in [-0.2, 0) is 0 Å². The van der Waals surface area contributed by atoms with E-state index in [0.717, 1.165) is 28.7 Å². The summed E-state index contributed by atoms with van der Waals surface area (Å²) in [4.78, 5) is 20.5. The maximum absolute atomic E-state index is 12.2. The summed E-state index contributed by atoms with van der Waals surface area (Å²) in [6, 6.07) is 5.72. The SMILES string of the molecule is CCCNc1cncc(C(=O)Nc2cc(C)cc(Br)c2)n1. The number of rotatable bonds is 5. The molecule has 0 atom stereocenters. The van der Waals surface area contributed by atoms with Crippen LogP contribution in [-0.4, -0.2) is 22.4 Å². The van der Waals surface area contributed by atoms with Gasteiger partial charge in [0.2, 0.25) is 0 Å². The van der Waals surface area contributed by atoms with Crippen molar-refractivity contribution in [3.8, 4) is 0 Å². The summed E-state index contributed by atoms with van der Waals surface area (Å²) in [5.74, 6) is 0.329. The largest absolute Gasteiger partial charge is 0.369 e. The normalized spacial score (nSPS) is 10.2. The molecule has 2 aromatic rings. The quantitative estimate of drug-likeness (QED) is 0.865. The third kappa shape index (κ3) is 4.53. The number of amides is 1. The minimum Gasteiger partial charge on any atom is -0.369 e. The molecule has 0 aliphatic heterocycles. The number of hydrogen-bond acceptors (Lipinski definition) is 4. The van der Waals surface area contributed by atoms with Gasteiger partial charge in [0.05, 0.1) is 12.4 Å². The summed E-state index contributed by atoms with van der Waals surface area (Å²) < 4.78 is 0.919. The average Bonchev–Trinajstić information content (AvgIpc) is 2.44. The van der Waals surface area contributed by atoms with Gasteiger partial charge in [-0.15, -0.1) is 0 Å². The first-order chi connectivity index (χ1) is 10.1. The van der Waals surface area contributed by atoms with E-state index in [2.05, 4.69) is 43.5 Å². The molecule has 1 aromatic heterocycles. The van der Waals surface area contributed by atoms with Crippen LogP contribution in [0.15, 0.2) is 35.1 Å². The molecule has 5 nitrogen and oxygen atoms in total. The van der Waals surface area contributed by atoms with Crippen LogP contribution in [0.5, 0.6) is 0 Å². The summed E-state index contributed by atoms with van der Waals surface area (Å²) >= 11 is 3.41. The van der Waals surface area contributed by atoms with Crippen LogP contribution >= 0.6 is 15.9 Å². The van der Waals surface area contributed by atoms with Gasteiger partial charge in [0.1, 0.15) is 11.5 Å². The van der Waals surface area contributed by atoms with E-state index >= 15 is 0 Å². The standard InChI is InChI=1S/C15H17BrN4O/c1-3-4-18-14-9-17-8-13(20-14)15(21)19-12-6-10(2)5-11(16)7-12/h5-9H,3-4H2,1-2H3,(H,18,20)(H,19,21). The van der Waals surface area contributed by atoms with Crippen molar-refractivity contribution in [3.63, 3.8) is 0 Å². The molecule has 6 heteroatoms. The van der Waals surface area contributed by atoms with Gasteiger partial charge in [-0.05, 0) is 37.1 Å². The Morgan fingerprint density at radius 3 is 2.81 bits per heavy atom. The molecule has 1 heterocycles. The number of nitrogens with zero attached hydrogens (tertiary/aromatic N) is 2. The van der Waals surface area contributed by atoms with Crippen LogP contribution in [0.2, 0.25) is 0 Å². The number of carbonyl (C=O) groups is 1. The number of halogens is 1. The molecule has 1 amide bonds. The molecule has 0 fully saturated rings. The third-order valence-electron chi connectivity index (χ3n) is 2.72. The number of carbonyl (C=O) groups excluding carboxylic acids is 1. The van der Waals surface area contributed by atoms with Gasteiger partial charge in [-0.25, -0.2) is 4.98 Å². The number of aryl methyl sites for hydroxylation is 1. The van der Waals surface area contributed by atoms with Gasteiger partial charge < -0.3 is 10.6 Å². The van der Waals surface area contributed by atoms with E-state index in [1.54, 1.807) is 6.20 Å². The molecule has 2 rings (SSSR count). The van der Waals surface area contributed by atoms with Crippen LogP contribution in [0.1, 0.15) is 29.4 Å². The highest BCUT2D eigenvalue weighted by Gasteiger charge is 2.10. The molecule has 110 valence electrons. The highest BCUT2D eigenvalue weighted by molar-refractivity contribution is 9.10. The fourth-order valence-corrected chi connectivity index (χ4v) is 2.42. The number of hydrogen-bond donors (Lipinski definition) is 2. The Hall–Kier alpha value is -1.95. The van der Waals surface area contributed by atoms with Crippen molar-refractivity contribution in [1.29, 1.82) is 0 Å². The number of aromatic nitrogens is 2. The van der Waals surface area contributed by atoms with Gasteiger partial charge >= 0.3 is 0 Å². The third-order valence-corrected chi connectivity index (χ3v) is 3.18. The Morgan fingerprint density at radius 1 is 1.29 bits per heavy atom. The van der Waals surface area contributed by atoms with Crippen LogP contribution < -0.4 is 10.6 Å². The van der Waals surface area contributed by atoms with Gasteiger partial charge in [-0.2, -0.15) is 0 Å². The maximum Gasteiger partial charge on any atom is 0.275 e. The van der Waals surface area contributed by atoms with Gasteiger partial charge in [0.15, 0.2) is 0 Å². The lowest BCUT2D eigenvalue weighted by atomic mass is 10.2. The molecule has 0 saturated heterocycles. The van der Waals surface area contributed by atoms with Crippen molar-refractivity contribution in [1.82, 2.24) is 9.97 Å². The van der Waals surface area contributed by atoms with Crippen LogP contribution in [0.4, 0.5) is 11.5 Å². The molecular formula is C15H17BrN4O. The second-order valence-corrected chi connectivity index (χ2v) is 5.60. The minimum absolute atomic E-state index is 0.278. The van der Waals surface area contributed by atoms with E-state index in [1.165, 1.54) is 6.20 Å². The van der Waals surface area contributed by atoms with Gasteiger partial charge in [0, 0.05) is 16.7 Å². The highest BCUT2D eigenvalue weighted by atomic mass is 79.9. The number of anilines is 2. The van der Waals surface area contributed by atoms with Crippen molar-refractivity contribution in [2.45, 2.75) is 20.3 Å². The lowest BCUT2D eigenvalue weighted by Crippen LogP contribution is -2.15. The first-order valence-electron chi connectivity index (χ1n) is 6.73. The summed E-state index contributed by atoms with van der Waals surface area (Å²) in [6.45, 7) is 4.83. The fraction of sp³-hybridized carbons (Fsp3) is 0.267. The van der Waals surface area contributed by atoms with E-state index < -0.39 is 0 Å². The van der Waals surface area contributed by atoms with Crippen molar-refractivity contribution in [2.75, 3.05) is 17.2 Å². The lowest BCUT2D eigenvalue weighted by Gasteiger charge is -2.08. The fourth-order valence-electron chi connectivity index (χ4n) is 1.82. The van der Waals surface area contributed by atoms with E-state index in [1.807, 2.05) is 25.1 Å². The summed E-state index contributed by atoms with van der Waals surface area (Å²) in [5.41, 5.74) is 2.07. The van der Waals surface area contributed by atoms with E-state index in [0.29, 0.717) is 5.82 Å². The Kier molecular flexibility index (Phi) is 5.27. The molecule has 0 unspecified atom stereocenters. The predicted octanol–water partition coefficient (Wildman–Crippen LogP) is 3.62. The zero-order valence-corrected chi connectivity index (χ0v) is 13.6. The predicted molar refractivity (Wildman–Crippen MR) is 87.6 cm³/mol. The summed E-state index contributed by atoms with van der Waals surface area (Å²) in [6.07, 6.45) is 4.04. The molecule has 0 bridgehead atoms. The van der Waals surface area contributed by atoms with Crippen LogP contribution in [0.3, 0.4) is 0 Å². The summed E-state index contributed by atoms with van der Waals surface area (Å²) in [7, 11) is 0. The van der Waals surface area contributed by atoms with E-state index in [9.17, 15) is 4.79 Å². The molecule has 21 heavy (non-hydrogen) atoms.